The van der Waals surface area contributed by atoms with E-state index in [1.807, 2.05) is 31.2 Å². The van der Waals surface area contributed by atoms with Gasteiger partial charge in [0.2, 0.25) is 10.0 Å². The fourth-order valence-electron chi connectivity index (χ4n) is 4.57. The molecule has 1 N–H and O–H groups in total. The normalized spacial score (nSPS) is 22.4. The highest BCUT2D eigenvalue weighted by Crippen LogP contribution is 2.30. The molecule has 0 spiro atoms. The van der Waals surface area contributed by atoms with Gasteiger partial charge < -0.3 is 15.0 Å². The number of para-hydroxylation sites is 1. The van der Waals surface area contributed by atoms with E-state index in [4.69, 9.17) is 4.74 Å². The molecule has 2 fully saturated rings. The van der Waals surface area contributed by atoms with E-state index in [1.165, 1.54) is 0 Å². The summed E-state index contributed by atoms with van der Waals surface area (Å²) in [4.78, 5) is 9.44. The van der Waals surface area contributed by atoms with Crippen molar-refractivity contribution in [1.82, 2.24) is 15.1 Å². The van der Waals surface area contributed by atoms with Crippen LogP contribution in [0.2, 0.25) is 0 Å². The second kappa shape index (κ2) is 11.2. The van der Waals surface area contributed by atoms with Gasteiger partial charge in [0.05, 0.1) is 31.2 Å². The van der Waals surface area contributed by atoms with Crippen LogP contribution in [-0.4, -0.2) is 95.0 Å². The summed E-state index contributed by atoms with van der Waals surface area (Å²) in [5.74, 6) is 0.849. The van der Waals surface area contributed by atoms with E-state index < -0.39 is 10.0 Å². The lowest BCUT2D eigenvalue weighted by atomic mass is 10.2. The van der Waals surface area contributed by atoms with E-state index >= 15 is 0 Å². The number of guanidine groups is 1. The number of hydrogen-bond donors (Lipinski definition) is 1. The summed E-state index contributed by atoms with van der Waals surface area (Å²) in [6, 6.07) is 8.27. The van der Waals surface area contributed by atoms with Crippen LogP contribution in [0.3, 0.4) is 0 Å². The van der Waals surface area contributed by atoms with Crippen molar-refractivity contribution in [2.75, 3.05) is 69.1 Å². The van der Waals surface area contributed by atoms with Crippen LogP contribution >= 0.6 is 24.0 Å². The molecule has 1 atom stereocenters. The van der Waals surface area contributed by atoms with Gasteiger partial charge in [0.25, 0.3) is 0 Å². The van der Waals surface area contributed by atoms with Crippen LogP contribution in [0.4, 0.5) is 5.69 Å². The Hall–Kier alpha value is -1.11. The molecule has 1 unspecified atom stereocenters. The Labute approximate surface area is 203 Å². The Morgan fingerprint density at radius 2 is 1.97 bits per heavy atom. The lowest BCUT2D eigenvalue weighted by Crippen LogP contribution is -2.46. The van der Waals surface area contributed by atoms with E-state index in [2.05, 4.69) is 20.1 Å². The lowest BCUT2D eigenvalue weighted by molar-refractivity contribution is 0.0195. The van der Waals surface area contributed by atoms with E-state index in [9.17, 15) is 8.42 Å². The molecule has 4 rings (SSSR count). The maximum atomic E-state index is 12.9. The topological polar surface area (TPSA) is 77.5 Å². The monoisotopic (exact) mass is 563 g/mol. The first-order valence-corrected chi connectivity index (χ1v) is 12.6. The first-order valence-electron chi connectivity index (χ1n) is 11.0. The van der Waals surface area contributed by atoms with Gasteiger partial charge in [-0.15, -0.1) is 24.0 Å². The van der Waals surface area contributed by atoms with Crippen LogP contribution in [0.25, 0.3) is 0 Å². The summed E-state index contributed by atoms with van der Waals surface area (Å²) in [5.41, 5.74) is 1.92. The van der Waals surface area contributed by atoms with Gasteiger partial charge in [0.1, 0.15) is 0 Å². The third-order valence-electron chi connectivity index (χ3n) is 6.15. The Morgan fingerprint density at radius 1 is 1.19 bits per heavy atom. The van der Waals surface area contributed by atoms with Crippen molar-refractivity contribution in [3.8, 4) is 0 Å². The minimum Gasteiger partial charge on any atom is -0.379 e. The summed E-state index contributed by atoms with van der Waals surface area (Å²) < 4.78 is 32.9. The number of halogens is 1. The molecule has 0 radical (unpaired) electrons. The number of morpholine rings is 1. The second-order valence-corrected chi connectivity index (χ2v) is 10.1. The molecule has 2 saturated heterocycles. The average molecular weight is 564 g/mol. The Bertz CT molecular complexity index is 860. The molecule has 3 heterocycles. The van der Waals surface area contributed by atoms with Gasteiger partial charge in [0.15, 0.2) is 5.96 Å². The molecule has 3 aliphatic rings. The Balaban J connectivity index is 0.00000272. The molecule has 0 aromatic heterocycles. The lowest BCUT2D eigenvalue weighted by Gasteiger charge is -2.32. The van der Waals surface area contributed by atoms with Crippen molar-refractivity contribution in [1.29, 1.82) is 0 Å². The molecule has 0 saturated carbocycles. The molecule has 0 aliphatic carbocycles. The summed E-state index contributed by atoms with van der Waals surface area (Å²) in [5, 5.41) is 3.34. The summed E-state index contributed by atoms with van der Waals surface area (Å²) in [7, 11) is -3.38. The van der Waals surface area contributed by atoms with Gasteiger partial charge in [-0.05, 0) is 31.4 Å². The standard InChI is InChI=1S/C21H33N5O3S.HI/c1-2-22-21(25-10-8-19(17-25)24-12-14-29-15-13-24)23-9-16-30(27,28)26-11-7-18-5-3-4-6-20(18)26;/h3-6,19H,2,7-17H2,1H3,(H,22,23);1H. The van der Waals surface area contributed by atoms with Gasteiger partial charge in [0, 0.05) is 45.3 Å². The van der Waals surface area contributed by atoms with Crippen LogP contribution in [0.15, 0.2) is 29.3 Å². The van der Waals surface area contributed by atoms with Crippen molar-refractivity contribution < 1.29 is 13.2 Å². The van der Waals surface area contributed by atoms with Crippen molar-refractivity contribution in [3.05, 3.63) is 29.8 Å². The molecule has 31 heavy (non-hydrogen) atoms. The number of fused-ring (bicyclic) bond motifs is 1. The van der Waals surface area contributed by atoms with Gasteiger partial charge in [-0.25, -0.2) is 8.42 Å². The zero-order valence-corrected chi connectivity index (χ0v) is 21.3. The third kappa shape index (κ3) is 5.82. The van der Waals surface area contributed by atoms with Crippen molar-refractivity contribution >= 4 is 45.6 Å². The van der Waals surface area contributed by atoms with Crippen LogP contribution in [0.1, 0.15) is 18.9 Å². The quantitative estimate of drug-likeness (QED) is 0.320. The first kappa shape index (κ1) is 24.5. The Kier molecular flexibility index (Phi) is 8.82. The summed E-state index contributed by atoms with van der Waals surface area (Å²) in [6.07, 6.45) is 1.88. The number of sulfonamides is 1. The summed E-state index contributed by atoms with van der Waals surface area (Å²) in [6.45, 7) is 9.07. The molecule has 1 aromatic carbocycles. The van der Waals surface area contributed by atoms with E-state index in [1.54, 1.807) is 4.31 Å². The number of anilines is 1. The van der Waals surface area contributed by atoms with E-state index in [0.717, 1.165) is 76.0 Å². The number of hydrogen-bond acceptors (Lipinski definition) is 5. The molecule has 3 aliphatic heterocycles. The van der Waals surface area contributed by atoms with Gasteiger partial charge in [-0.1, -0.05) is 18.2 Å². The molecular formula is C21H34IN5O3S. The minimum absolute atomic E-state index is 0. The zero-order valence-electron chi connectivity index (χ0n) is 18.2. The maximum Gasteiger partial charge on any atom is 0.237 e. The van der Waals surface area contributed by atoms with Crippen molar-refractivity contribution in [2.45, 2.75) is 25.8 Å². The highest BCUT2D eigenvalue weighted by Gasteiger charge is 2.31. The molecule has 0 amide bonds. The summed E-state index contributed by atoms with van der Waals surface area (Å²) >= 11 is 0. The minimum atomic E-state index is -3.38. The van der Waals surface area contributed by atoms with Crippen LogP contribution < -0.4 is 9.62 Å². The van der Waals surface area contributed by atoms with E-state index in [0.29, 0.717) is 12.6 Å². The smallest absolute Gasteiger partial charge is 0.237 e. The fourth-order valence-corrected chi connectivity index (χ4v) is 5.96. The number of aliphatic imine (C=N–C) groups is 1. The van der Waals surface area contributed by atoms with Gasteiger partial charge in [-0.2, -0.15) is 0 Å². The molecule has 8 nitrogen and oxygen atoms in total. The molecule has 10 heteroatoms. The number of nitrogens with zero attached hydrogens (tertiary/aromatic N) is 4. The Morgan fingerprint density at radius 3 is 2.74 bits per heavy atom. The average Bonchev–Trinajstić information content (AvgIpc) is 3.42. The molecular weight excluding hydrogens is 529 g/mol. The van der Waals surface area contributed by atoms with Gasteiger partial charge in [-0.3, -0.25) is 14.2 Å². The van der Waals surface area contributed by atoms with E-state index in [-0.39, 0.29) is 36.3 Å². The predicted molar refractivity (Wildman–Crippen MR) is 135 cm³/mol. The highest BCUT2D eigenvalue weighted by molar-refractivity contribution is 14.0. The maximum absolute atomic E-state index is 12.9. The molecule has 174 valence electrons. The third-order valence-corrected chi connectivity index (χ3v) is 7.90. The fraction of sp³-hybridized carbons (Fsp3) is 0.667. The number of likely N-dealkylation sites (tertiary alicyclic amines) is 1. The van der Waals surface area contributed by atoms with Crippen LogP contribution in [-0.2, 0) is 21.2 Å². The second-order valence-electron chi connectivity index (χ2n) is 8.04. The SMILES string of the molecule is CCNC(=NCCS(=O)(=O)N1CCc2ccccc21)N1CCC(N2CCOCC2)C1.I. The van der Waals surface area contributed by atoms with Crippen molar-refractivity contribution in [3.63, 3.8) is 0 Å². The van der Waals surface area contributed by atoms with Crippen LogP contribution in [0, 0.1) is 0 Å². The largest absolute Gasteiger partial charge is 0.379 e. The predicted octanol–water partition coefficient (Wildman–Crippen LogP) is 1.37. The molecule has 1 aromatic rings. The highest BCUT2D eigenvalue weighted by atomic mass is 127. The zero-order chi connectivity index (χ0) is 21.0. The van der Waals surface area contributed by atoms with Crippen LogP contribution in [0.5, 0.6) is 0 Å². The number of benzene rings is 1. The number of ether oxygens (including phenoxy) is 1. The number of rotatable bonds is 6. The van der Waals surface area contributed by atoms with Crippen molar-refractivity contribution in [2.24, 2.45) is 4.99 Å². The first-order chi connectivity index (χ1) is 14.6. The van der Waals surface area contributed by atoms with Gasteiger partial charge >= 0.3 is 0 Å². The molecule has 0 bridgehead atoms. The number of nitrogens with one attached hydrogen (secondary N) is 1.